The number of H-pyrrole nitrogens is 1. The van der Waals surface area contributed by atoms with E-state index in [2.05, 4.69) is 10.2 Å². The summed E-state index contributed by atoms with van der Waals surface area (Å²) in [7, 11) is 0. The van der Waals surface area contributed by atoms with Crippen LogP contribution in [0.4, 0.5) is 8.78 Å². The molecule has 2 rings (SSSR count). The minimum absolute atomic E-state index is 0.256. The number of hydrogen-bond donors (Lipinski definition) is 2. The van der Waals surface area contributed by atoms with Gasteiger partial charge in [0.1, 0.15) is 11.6 Å². The maximum absolute atomic E-state index is 13.5. The summed E-state index contributed by atoms with van der Waals surface area (Å²) in [5.41, 5.74) is 7.79. The second-order valence-corrected chi connectivity index (χ2v) is 3.50. The SMILES string of the molecule is Cc1[nH]nc(-c2ccc(F)cc2F)c1CN. The van der Waals surface area contributed by atoms with Gasteiger partial charge >= 0.3 is 0 Å². The van der Waals surface area contributed by atoms with Gasteiger partial charge in [-0.05, 0) is 19.1 Å². The fourth-order valence-corrected chi connectivity index (χ4v) is 1.61. The quantitative estimate of drug-likeness (QED) is 0.819. The van der Waals surface area contributed by atoms with Crippen molar-refractivity contribution in [2.75, 3.05) is 0 Å². The zero-order valence-corrected chi connectivity index (χ0v) is 8.72. The average molecular weight is 223 g/mol. The topological polar surface area (TPSA) is 54.7 Å². The first-order valence-corrected chi connectivity index (χ1v) is 4.83. The molecule has 0 bridgehead atoms. The van der Waals surface area contributed by atoms with Gasteiger partial charge in [-0.1, -0.05) is 0 Å². The number of benzene rings is 1. The van der Waals surface area contributed by atoms with E-state index in [1.807, 2.05) is 0 Å². The van der Waals surface area contributed by atoms with Crippen LogP contribution in [0.15, 0.2) is 18.2 Å². The second-order valence-electron chi connectivity index (χ2n) is 3.50. The van der Waals surface area contributed by atoms with Crippen molar-refractivity contribution in [1.29, 1.82) is 0 Å². The van der Waals surface area contributed by atoms with Crippen LogP contribution in [0.5, 0.6) is 0 Å². The highest BCUT2D eigenvalue weighted by atomic mass is 19.1. The Morgan fingerprint density at radius 2 is 2.12 bits per heavy atom. The van der Waals surface area contributed by atoms with Gasteiger partial charge < -0.3 is 5.73 Å². The lowest BCUT2D eigenvalue weighted by molar-refractivity contribution is 0.585. The Bertz CT molecular complexity index is 520. The zero-order valence-electron chi connectivity index (χ0n) is 8.72. The van der Waals surface area contributed by atoms with Crippen LogP contribution in [0.3, 0.4) is 0 Å². The van der Waals surface area contributed by atoms with Crippen molar-refractivity contribution in [3.63, 3.8) is 0 Å². The van der Waals surface area contributed by atoms with Gasteiger partial charge in [-0.25, -0.2) is 8.78 Å². The van der Waals surface area contributed by atoms with E-state index in [1.54, 1.807) is 6.92 Å². The molecule has 1 aromatic carbocycles. The van der Waals surface area contributed by atoms with Gasteiger partial charge in [-0.15, -0.1) is 0 Å². The predicted molar refractivity (Wildman–Crippen MR) is 56.6 cm³/mol. The molecular formula is C11H11F2N3. The van der Waals surface area contributed by atoms with E-state index in [-0.39, 0.29) is 12.1 Å². The highest BCUT2D eigenvalue weighted by molar-refractivity contribution is 5.64. The van der Waals surface area contributed by atoms with Gasteiger partial charge in [0.2, 0.25) is 0 Å². The first-order chi connectivity index (χ1) is 7.63. The molecule has 1 heterocycles. The summed E-state index contributed by atoms with van der Waals surface area (Å²) < 4.78 is 26.3. The first kappa shape index (κ1) is 10.8. The lowest BCUT2D eigenvalue weighted by Gasteiger charge is -2.02. The monoisotopic (exact) mass is 223 g/mol. The summed E-state index contributed by atoms with van der Waals surface area (Å²) >= 11 is 0. The van der Waals surface area contributed by atoms with E-state index in [4.69, 9.17) is 5.73 Å². The molecule has 0 radical (unpaired) electrons. The van der Waals surface area contributed by atoms with Crippen LogP contribution in [-0.4, -0.2) is 10.2 Å². The van der Waals surface area contributed by atoms with Gasteiger partial charge in [0, 0.05) is 29.4 Å². The molecule has 0 saturated heterocycles. The van der Waals surface area contributed by atoms with Crippen LogP contribution < -0.4 is 5.73 Å². The van der Waals surface area contributed by atoms with Gasteiger partial charge in [0.15, 0.2) is 0 Å². The number of aryl methyl sites for hydroxylation is 1. The van der Waals surface area contributed by atoms with Crippen LogP contribution in [0.2, 0.25) is 0 Å². The molecule has 0 fully saturated rings. The smallest absolute Gasteiger partial charge is 0.135 e. The van der Waals surface area contributed by atoms with E-state index >= 15 is 0 Å². The third kappa shape index (κ3) is 1.69. The molecule has 0 atom stereocenters. The number of nitrogens with zero attached hydrogens (tertiary/aromatic N) is 1. The summed E-state index contributed by atoms with van der Waals surface area (Å²) in [6.07, 6.45) is 0. The lowest BCUT2D eigenvalue weighted by atomic mass is 10.1. The molecule has 0 aliphatic heterocycles. The third-order valence-electron chi connectivity index (χ3n) is 2.46. The van der Waals surface area contributed by atoms with Crippen molar-refractivity contribution in [2.24, 2.45) is 5.73 Å². The van der Waals surface area contributed by atoms with Crippen LogP contribution >= 0.6 is 0 Å². The largest absolute Gasteiger partial charge is 0.326 e. The van der Waals surface area contributed by atoms with Crippen molar-refractivity contribution in [3.05, 3.63) is 41.1 Å². The van der Waals surface area contributed by atoms with Crippen LogP contribution in [0.1, 0.15) is 11.3 Å². The Morgan fingerprint density at radius 3 is 2.75 bits per heavy atom. The third-order valence-corrected chi connectivity index (χ3v) is 2.46. The summed E-state index contributed by atoms with van der Waals surface area (Å²) in [4.78, 5) is 0. The van der Waals surface area contributed by atoms with E-state index in [1.165, 1.54) is 12.1 Å². The zero-order chi connectivity index (χ0) is 11.7. The van der Waals surface area contributed by atoms with Gasteiger partial charge in [-0.2, -0.15) is 5.10 Å². The van der Waals surface area contributed by atoms with E-state index in [0.29, 0.717) is 5.69 Å². The molecule has 0 unspecified atom stereocenters. The summed E-state index contributed by atoms with van der Waals surface area (Å²) in [6, 6.07) is 3.39. The summed E-state index contributed by atoms with van der Waals surface area (Å²) in [5.74, 6) is -1.25. The Morgan fingerprint density at radius 1 is 1.38 bits per heavy atom. The fraction of sp³-hybridized carbons (Fsp3) is 0.182. The predicted octanol–water partition coefficient (Wildman–Crippen LogP) is 2.12. The number of halogens is 2. The van der Waals surface area contributed by atoms with E-state index in [9.17, 15) is 8.78 Å². The van der Waals surface area contributed by atoms with E-state index in [0.717, 1.165) is 17.3 Å². The van der Waals surface area contributed by atoms with Crippen molar-refractivity contribution in [3.8, 4) is 11.3 Å². The molecular weight excluding hydrogens is 212 g/mol. The lowest BCUT2D eigenvalue weighted by Crippen LogP contribution is -1.99. The summed E-state index contributed by atoms with van der Waals surface area (Å²) in [6.45, 7) is 2.06. The Hall–Kier alpha value is -1.75. The molecule has 1 aromatic heterocycles. The maximum atomic E-state index is 13.5. The van der Waals surface area contributed by atoms with Gasteiger partial charge in [-0.3, -0.25) is 5.10 Å². The van der Waals surface area contributed by atoms with Crippen molar-refractivity contribution >= 4 is 0 Å². The number of aromatic nitrogens is 2. The summed E-state index contributed by atoms with van der Waals surface area (Å²) in [5, 5.41) is 6.72. The molecule has 0 amide bonds. The minimum atomic E-state index is -0.638. The number of hydrogen-bond acceptors (Lipinski definition) is 2. The number of aromatic amines is 1. The maximum Gasteiger partial charge on any atom is 0.135 e. The molecule has 0 saturated carbocycles. The first-order valence-electron chi connectivity index (χ1n) is 4.83. The highest BCUT2D eigenvalue weighted by Crippen LogP contribution is 2.26. The van der Waals surface area contributed by atoms with Crippen LogP contribution in [-0.2, 0) is 6.54 Å². The van der Waals surface area contributed by atoms with E-state index < -0.39 is 11.6 Å². The molecule has 3 nitrogen and oxygen atoms in total. The minimum Gasteiger partial charge on any atom is -0.326 e. The van der Waals surface area contributed by atoms with Gasteiger partial charge in [0.05, 0.1) is 5.69 Å². The van der Waals surface area contributed by atoms with Crippen molar-refractivity contribution < 1.29 is 8.78 Å². The van der Waals surface area contributed by atoms with Crippen LogP contribution in [0.25, 0.3) is 11.3 Å². The molecule has 0 aliphatic rings. The molecule has 84 valence electrons. The molecule has 0 aliphatic carbocycles. The normalized spacial score (nSPS) is 10.8. The van der Waals surface area contributed by atoms with Crippen molar-refractivity contribution in [2.45, 2.75) is 13.5 Å². The Labute approximate surface area is 91.3 Å². The molecule has 3 N–H and O–H groups in total. The number of nitrogens with two attached hydrogens (primary N) is 1. The molecule has 16 heavy (non-hydrogen) atoms. The van der Waals surface area contributed by atoms with Crippen molar-refractivity contribution in [1.82, 2.24) is 10.2 Å². The standard InChI is InChI=1S/C11H11F2N3/c1-6-9(5-14)11(16-15-6)8-3-2-7(12)4-10(8)13/h2-4H,5,14H2,1H3,(H,15,16). The fourth-order valence-electron chi connectivity index (χ4n) is 1.61. The Kier molecular flexibility index (Phi) is 2.70. The molecule has 5 heteroatoms. The Balaban J connectivity index is 2.58. The molecule has 0 spiro atoms. The van der Waals surface area contributed by atoms with Crippen LogP contribution in [0, 0.1) is 18.6 Å². The highest BCUT2D eigenvalue weighted by Gasteiger charge is 2.14. The van der Waals surface area contributed by atoms with Gasteiger partial charge in [0.25, 0.3) is 0 Å². The number of nitrogens with one attached hydrogen (secondary N) is 1. The average Bonchev–Trinajstić information content (AvgIpc) is 2.59. The second kappa shape index (κ2) is 4.02. The number of rotatable bonds is 2. The molecule has 2 aromatic rings.